The van der Waals surface area contributed by atoms with Gasteiger partial charge in [0, 0.05) is 37.4 Å². The Morgan fingerprint density at radius 3 is 2.94 bits per heavy atom. The predicted octanol–water partition coefficient (Wildman–Crippen LogP) is 4.13. The van der Waals surface area contributed by atoms with Crippen molar-refractivity contribution in [3.8, 4) is 11.6 Å². The third-order valence-corrected chi connectivity index (χ3v) is 5.57. The highest BCUT2D eigenvalue weighted by molar-refractivity contribution is 6.29. The molecule has 34 heavy (non-hydrogen) atoms. The summed E-state index contributed by atoms with van der Waals surface area (Å²) < 4.78 is 29.2. The molecule has 176 valence electrons. The average Bonchev–Trinajstić information content (AvgIpc) is 3.51. The van der Waals surface area contributed by atoms with E-state index in [2.05, 4.69) is 25.8 Å². The van der Waals surface area contributed by atoms with E-state index in [9.17, 15) is 9.18 Å². The van der Waals surface area contributed by atoms with E-state index >= 15 is 0 Å². The fraction of sp³-hybridized carbons (Fsp3) is 0.273. The predicted molar refractivity (Wildman–Crippen MR) is 123 cm³/mol. The summed E-state index contributed by atoms with van der Waals surface area (Å²) in [6.45, 7) is 1.43. The molecule has 0 aliphatic carbocycles. The van der Waals surface area contributed by atoms with E-state index in [0.717, 1.165) is 12.8 Å². The molecule has 0 radical (unpaired) electrons. The molecule has 1 saturated heterocycles. The third kappa shape index (κ3) is 4.80. The highest BCUT2D eigenvalue weighted by atomic mass is 35.5. The van der Waals surface area contributed by atoms with Crippen molar-refractivity contribution >= 4 is 40.3 Å². The van der Waals surface area contributed by atoms with Gasteiger partial charge < -0.3 is 20.1 Å². The van der Waals surface area contributed by atoms with Gasteiger partial charge in [-0.15, -0.1) is 16.7 Å². The first kappa shape index (κ1) is 22.1. The molecular formula is C22H21ClFN7O3. The second-order valence-corrected chi connectivity index (χ2v) is 7.95. The maximum atomic E-state index is 14.5. The molecule has 3 aromatic heterocycles. The zero-order valence-electron chi connectivity index (χ0n) is 17.9. The maximum Gasteiger partial charge on any atom is 0.248 e. The largest absolute Gasteiger partial charge is 0.434 e. The molecule has 12 heteroatoms. The molecule has 0 bridgehead atoms. The lowest BCUT2D eigenvalue weighted by Crippen LogP contribution is -2.19. The minimum Gasteiger partial charge on any atom is -0.434 e. The fourth-order valence-corrected chi connectivity index (χ4v) is 3.74. The van der Waals surface area contributed by atoms with Gasteiger partial charge >= 0.3 is 0 Å². The zero-order valence-corrected chi connectivity index (χ0v) is 18.7. The van der Waals surface area contributed by atoms with E-state index in [1.165, 1.54) is 18.2 Å². The van der Waals surface area contributed by atoms with Gasteiger partial charge in [-0.25, -0.2) is 8.91 Å². The van der Waals surface area contributed by atoms with Gasteiger partial charge in [-0.05, 0) is 37.1 Å². The number of benzene rings is 1. The molecule has 0 unspecified atom stereocenters. The number of ether oxygens (including phenoxy) is 2. The molecule has 5 rings (SSSR count). The number of aromatic nitrogens is 5. The molecule has 1 aromatic carbocycles. The molecule has 4 heterocycles. The number of nitrogens with zero attached hydrogens (tertiary/aromatic N) is 5. The van der Waals surface area contributed by atoms with Crippen molar-refractivity contribution in [2.45, 2.75) is 18.9 Å². The van der Waals surface area contributed by atoms with Gasteiger partial charge in [0.2, 0.25) is 17.7 Å². The van der Waals surface area contributed by atoms with Crippen LogP contribution in [0.1, 0.15) is 18.9 Å². The summed E-state index contributed by atoms with van der Waals surface area (Å²) >= 11 is 5.53. The van der Waals surface area contributed by atoms with Crippen molar-refractivity contribution in [1.82, 2.24) is 24.4 Å². The second-order valence-electron chi connectivity index (χ2n) is 7.69. The van der Waals surface area contributed by atoms with Gasteiger partial charge in [0.25, 0.3) is 0 Å². The first-order chi connectivity index (χ1) is 16.6. The Morgan fingerprint density at radius 2 is 2.12 bits per heavy atom. The van der Waals surface area contributed by atoms with Crippen LogP contribution in [0.4, 0.5) is 21.7 Å². The van der Waals surface area contributed by atoms with E-state index in [-0.39, 0.29) is 29.5 Å². The Balaban J connectivity index is 1.40. The van der Waals surface area contributed by atoms with E-state index < -0.39 is 11.7 Å². The van der Waals surface area contributed by atoms with Crippen LogP contribution in [0.3, 0.4) is 0 Å². The van der Waals surface area contributed by atoms with Gasteiger partial charge in [-0.1, -0.05) is 0 Å². The average molecular weight is 486 g/mol. The molecule has 0 spiro atoms. The number of anilines is 3. The molecule has 2 N–H and O–H groups in total. The van der Waals surface area contributed by atoms with E-state index in [1.54, 1.807) is 29.0 Å². The smallest absolute Gasteiger partial charge is 0.248 e. The van der Waals surface area contributed by atoms with Gasteiger partial charge in [-0.3, -0.25) is 9.48 Å². The third-order valence-electron chi connectivity index (χ3n) is 5.32. The summed E-state index contributed by atoms with van der Waals surface area (Å²) in [5.74, 6) is -0.962. The van der Waals surface area contributed by atoms with Crippen molar-refractivity contribution < 1.29 is 18.7 Å². The number of nitrogens with one attached hydrogen (secondary N) is 2. The van der Waals surface area contributed by atoms with Crippen molar-refractivity contribution in [1.29, 1.82) is 0 Å². The lowest BCUT2D eigenvalue weighted by molar-refractivity contribution is -0.113. The van der Waals surface area contributed by atoms with Crippen LogP contribution >= 0.6 is 11.6 Å². The lowest BCUT2D eigenvalue weighted by atomic mass is 10.1. The Labute approximate surface area is 198 Å². The summed E-state index contributed by atoms with van der Waals surface area (Å²) in [4.78, 5) is 16.0. The van der Waals surface area contributed by atoms with Crippen molar-refractivity contribution in [3.05, 3.63) is 54.7 Å². The highest BCUT2D eigenvalue weighted by Crippen LogP contribution is 2.30. The molecule has 1 aliphatic heterocycles. The minimum absolute atomic E-state index is 0.104. The van der Waals surface area contributed by atoms with Gasteiger partial charge in [0.05, 0.1) is 17.9 Å². The lowest BCUT2D eigenvalue weighted by Gasteiger charge is -2.22. The highest BCUT2D eigenvalue weighted by Gasteiger charge is 2.18. The Hall–Kier alpha value is -3.70. The maximum absolute atomic E-state index is 14.5. The van der Waals surface area contributed by atoms with Gasteiger partial charge in [0.1, 0.15) is 11.4 Å². The molecule has 1 amide bonds. The Kier molecular flexibility index (Phi) is 6.28. The molecule has 0 saturated carbocycles. The number of hydrogen-bond acceptors (Lipinski definition) is 7. The van der Waals surface area contributed by atoms with Crippen LogP contribution in [0.2, 0.25) is 0 Å². The van der Waals surface area contributed by atoms with E-state index in [1.807, 2.05) is 10.9 Å². The van der Waals surface area contributed by atoms with Crippen LogP contribution in [-0.4, -0.2) is 49.4 Å². The molecule has 1 aliphatic rings. The zero-order chi connectivity index (χ0) is 23.5. The van der Waals surface area contributed by atoms with Crippen LogP contribution in [0.25, 0.3) is 5.52 Å². The summed E-state index contributed by atoms with van der Waals surface area (Å²) in [6.07, 6.45) is 7.13. The number of halogens is 2. The van der Waals surface area contributed by atoms with Gasteiger partial charge in [0.15, 0.2) is 11.6 Å². The first-order valence-corrected chi connectivity index (χ1v) is 11.2. The van der Waals surface area contributed by atoms with Crippen molar-refractivity contribution in [3.63, 3.8) is 0 Å². The molecular weight excluding hydrogens is 465 g/mol. The molecule has 10 nitrogen and oxygen atoms in total. The van der Waals surface area contributed by atoms with Gasteiger partial charge in [-0.2, -0.15) is 10.1 Å². The molecule has 4 aromatic rings. The van der Waals surface area contributed by atoms with Crippen LogP contribution in [0.15, 0.2) is 48.9 Å². The van der Waals surface area contributed by atoms with E-state index in [4.69, 9.17) is 21.1 Å². The first-order valence-electron chi connectivity index (χ1n) is 10.7. The summed E-state index contributed by atoms with van der Waals surface area (Å²) in [7, 11) is 0. The van der Waals surface area contributed by atoms with Crippen molar-refractivity contribution in [2.75, 3.05) is 29.7 Å². The minimum atomic E-state index is -0.612. The van der Waals surface area contributed by atoms with Crippen LogP contribution in [-0.2, 0) is 9.53 Å². The topological polar surface area (TPSA) is 108 Å². The summed E-state index contributed by atoms with van der Waals surface area (Å²) in [5.41, 5.74) is 1.60. The quantitative estimate of drug-likeness (QED) is 0.379. The summed E-state index contributed by atoms with van der Waals surface area (Å²) in [6, 6.07) is 7.79. The van der Waals surface area contributed by atoms with Crippen molar-refractivity contribution in [2.24, 2.45) is 0 Å². The SMILES string of the molecule is O=C(CCl)Nc1ccc(F)c(Oc2nc(Nc3cnn(C4CCOCC4)c3)nn3cccc23)c1. The van der Waals surface area contributed by atoms with Crippen LogP contribution in [0.5, 0.6) is 11.6 Å². The fourth-order valence-electron chi connectivity index (χ4n) is 3.67. The number of amides is 1. The number of carbonyl (C=O) groups is 1. The number of fused-ring (bicyclic) bond motifs is 1. The normalized spacial score (nSPS) is 14.3. The van der Waals surface area contributed by atoms with Crippen LogP contribution in [0, 0.1) is 5.82 Å². The molecule has 1 fully saturated rings. The van der Waals surface area contributed by atoms with Crippen LogP contribution < -0.4 is 15.4 Å². The standard InChI is InChI=1S/C22H21ClFN7O3/c23-11-20(32)26-14-3-4-17(24)19(10-14)34-21-18-2-1-7-30(18)29-22(28-21)27-15-12-25-31(13-15)16-5-8-33-9-6-16/h1-4,7,10,12-13,16H,5-6,8-9,11H2,(H,26,32)(H,27,29). The monoisotopic (exact) mass is 485 g/mol. The number of hydrogen-bond donors (Lipinski definition) is 2. The summed E-state index contributed by atoms with van der Waals surface area (Å²) in [5, 5.41) is 14.6. The second kappa shape index (κ2) is 9.65. The number of carbonyl (C=O) groups excluding carboxylic acids is 1. The number of rotatable bonds is 7. The number of alkyl halides is 1. The molecule has 0 atom stereocenters. The van der Waals surface area contributed by atoms with E-state index in [0.29, 0.717) is 30.1 Å². The Morgan fingerprint density at radius 1 is 1.26 bits per heavy atom. The Bertz CT molecular complexity index is 1320.